The molecule has 0 spiro atoms. The average molecular weight is 397 g/mol. The summed E-state index contributed by atoms with van der Waals surface area (Å²) in [4.78, 5) is 2.62. The molecule has 0 N–H and O–H groups in total. The van der Waals surface area contributed by atoms with Gasteiger partial charge < -0.3 is 9.64 Å². The van der Waals surface area contributed by atoms with E-state index in [1.807, 2.05) is 18.2 Å². The predicted molar refractivity (Wildman–Crippen MR) is 110 cm³/mol. The third-order valence-electron chi connectivity index (χ3n) is 6.48. The minimum absolute atomic E-state index is 0.424. The van der Waals surface area contributed by atoms with Crippen molar-refractivity contribution < 1.29 is 13.2 Å². The zero-order chi connectivity index (χ0) is 19.3. The molecule has 1 aliphatic carbocycles. The maximum absolute atomic E-state index is 13.2. The molecular formula is C21H36N2O3S. The Morgan fingerprint density at radius 2 is 1.78 bits per heavy atom. The minimum Gasteiger partial charge on any atom is -0.497 e. The van der Waals surface area contributed by atoms with Crippen molar-refractivity contribution in [3.63, 3.8) is 0 Å². The highest BCUT2D eigenvalue weighted by molar-refractivity contribution is 7.89. The van der Waals surface area contributed by atoms with Crippen molar-refractivity contribution in [2.75, 3.05) is 33.3 Å². The van der Waals surface area contributed by atoms with Crippen molar-refractivity contribution in [3.05, 3.63) is 24.0 Å². The van der Waals surface area contributed by atoms with Crippen LogP contribution in [-0.4, -0.2) is 62.2 Å². The van der Waals surface area contributed by atoms with Gasteiger partial charge >= 0.3 is 0 Å². The van der Waals surface area contributed by atoms with Crippen LogP contribution in [0.25, 0.3) is 0 Å². The number of allylic oxidation sites excluding steroid dienone is 2. The van der Waals surface area contributed by atoms with Crippen LogP contribution in [0.4, 0.5) is 0 Å². The number of hydrogen-bond donors (Lipinski definition) is 0. The van der Waals surface area contributed by atoms with Gasteiger partial charge in [0.2, 0.25) is 10.0 Å². The van der Waals surface area contributed by atoms with Crippen LogP contribution in [0.3, 0.4) is 0 Å². The molecular weight excluding hydrogens is 360 g/mol. The molecule has 3 rings (SSSR count). The molecule has 5 nitrogen and oxygen atoms in total. The molecule has 2 heterocycles. The van der Waals surface area contributed by atoms with E-state index >= 15 is 0 Å². The van der Waals surface area contributed by atoms with Gasteiger partial charge in [0, 0.05) is 19.1 Å². The van der Waals surface area contributed by atoms with Gasteiger partial charge in [0.15, 0.2) is 0 Å². The van der Waals surface area contributed by atoms with E-state index in [1.165, 1.54) is 32.4 Å². The third-order valence-corrected chi connectivity index (χ3v) is 8.73. The zero-order valence-corrected chi connectivity index (χ0v) is 17.8. The predicted octanol–water partition coefficient (Wildman–Crippen LogP) is 3.54. The largest absolute Gasteiger partial charge is 0.497 e. The van der Waals surface area contributed by atoms with Gasteiger partial charge in [0.25, 0.3) is 0 Å². The number of ether oxygens (including phenoxy) is 1. The van der Waals surface area contributed by atoms with Crippen LogP contribution >= 0.6 is 0 Å². The second-order valence-corrected chi connectivity index (χ2v) is 10.5. The summed E-state index contributed by atoms with van der Waals surface area (Å²) in [6.07, 6.45) is 13.9. The lowest BCUT2D eigenvalue weighted by molar-refractivity contribution is 0.142. The van der Waals surface area contributed by atoms with Crippen molar-refractivity contribution in [2.45, 2.75) is 69.6 Å². The van der Waals surface area contributed by atoms with Crippen molar-refractivity contribution in [2.24, 2.45) is 5.92 Å². The summed E-state index contributed by atoms with van der Waals surface area (Å²) in [6, 6.07) is 0.553. The van der Waals surface area contributed by atoms with Gasteiger partial charge in [-0.25, -0.2) is 12.7 Å². The molecule has 6 heteroatoms. The van der Waals surface area contributed by atoms with Crippen LogP contribution in [0.1, 0.15) is 58.3 Å². The topological polar surface area (TPSA) is 49.9 Å². The van der Waals surface area contributed by atoms with E-state index in [1.54, 1.807) is 11.4 Å². The molecule has 0 amide bonds. The minimum atomic E-state index is -3.28. The van der Waals surface area contributed by atoms with Gasteiger partial charge in [-0.05, 0) is 82.5 Å². The number of likely N-dealkylation sites (tertiary alicyclic amines) is 1. The number of nitrogens with zero attached hydrogens (tertiary/aromatic N) is 2. The Bertz CT molecular complexity index is 636. The first-order chi connectivity index (χ1) is 13.0. The van der Waals surface area contributed by atoms with Crippen molar-refractivity contribution in [1.29, 1.82) is 0 Å². The van der Waals surface area contributed by atoms with Crippen molar-refractivity contribution in [3.8, 4) is 0 Å². The lowest BCUT2D eigenvalue weighted by atomic mass is 10.0. The molecule has 0 bridgehead atoms. The lowest BCUT2D eigenvalue weighted by Crippen LogP contribution is -2.49. The molecule has 2 fully saturated rings. The normalized spacial score (nSPS) is 33.3. The highest BCUT2D eigenvalue weighted by Crippen LogP contribution is 2.27. The molecule has 0 aromatic carbocycles. The summed E-state index contributed by atoms with van der Waals surface area (Å²) in [6.45, 7) is 6.04. The van der Waals surface area contributed by atoms with Gasteiger partial charge in [-0.15, -0.1) is 0 Å². The first-order valence-electron chi connectivity index (χ1n) is 10.7. The maximum Gasteiger partial charge on any atom is 0.220 e. The molecule has 27 heavy (non-hydrogen) atoms. The SMILES string of the molecule is COC1=C/CCCC(S(=O)(=O)N2CCC(N3CCCC(C)CC3)CC2)/C=C\1. The molecule has 2 saturated heterocycles. The molecule has 0 aromatic heterocycles. The number of sulfonamides is 1. The number of methoxy groups -OCH3 is 1. The Balaban J connectivity index is 1.59. The van der Waals surface area contributed by atoms with Crippen molar-refractivity contribution >= 4 is 10.0 Å². The van der Waals surface area contributed by atoms with Gasteiger partial charge in [0.05, 0.1) is 12.4 Å². The van der Waals surface area contributed by atoms with Gasteiger partial charge in [-0.3, -0.25) is 0 Å². The fourth-order valence-electron chi connectivity index (χ4n) is 4.63. The van der Waals surface area contributed by atoms with Gasteiger partial charge in [0.1, 0.15) is 5.76 Å². The summed E-state index contributed by atoms with van der Waals surface area (Å²) in [7, 11) is -1.65. The van der Waals surface area contributed by atoms with Crippen LogP contribution in [0.5, 0.6) is 0 Å². The summed E-state index contributed by atoms with van der Waals surface area (Å²) in [5.41, 5.74) is 0. The van der Waals surface area contributed by atoms with Crippen LogP contribution in [-0.2, 0) is 14.8 Å². The van der Waals surface area contributed by atoms with Gasteiger partial charge in [-0.1, -0.05) is 13.0 Å². The Hall–Kier alpha value is -0.850. The second-order valence-electron chi connectivity index (χ2n) is 8.39. The zero-order valence-electron chi connectivity index (χ0n) is 17.0. The van der Waals surface area contributed by atoms with Crippen LogP contribution in [0, 0.1) is 5.92 Å². The van der Waals surface area contributed by atoms with Gasteiger partial charge in [-0.2, -0.15) is 0 Å². The lowest BCUT2D eigenvalue weighted by Gasteiger charge is -2.38. The van der Waals surface area contributed by atoms with Crippen LogP contribution < -0.4 is 0 Å². The first kappa shape index (κ1) is 20.9. The van der Waals surface area contributed by atoms with E-state index in [0.717, 1.165) is 37.4 Å². The van der Waals surface area contributed by atoms with E-state index in [9.17, 15) is 8.42 Å². The standard InChI is InChI=1S/C21H36N2O3S/c1-18-6-5-14-22(15-11-18)19-12-16-23(17-13-19)27(24,25)21-8-4-3-7-20(26-2)9-10-21/h7,9-10,18-19,21H,3-6,8,11-17H2,1-2H3/b10-9-,20-7+. The maximum atomic E-state index is 13.2. The number of piperidine rings is 1. The van der Waals surface area contributed by atoms with Crippen molar-refractivity contribution in [1.82, 2.24) is 9.21 Å². The molecule has 0 radical (unpaired) electrons. The quantitative estimate of drug-likeness (QED) is 0.729. The molecule has 2 atom stereocenters. The number of hydrogen-bond acceptors (Lipinski definition) is 4. The molecule has 154 valence electrons. The van der Waals surface area contributed by atoms with Crippen LogP contribution in [0.15, 0.2) is 24.0 Å². The van der Waals surface area contributed by atoms with E-state index < -0.39 is 15.3 Å². The van der Waals surface area contributed by atoms with E-state index in [0.29, 0.717) is 25.6 Å². The first-order valence-corrected chi connectivity index (χ1v) is 12.2. The Labute approximate surface area is 165 Å². The molecule has 0 aromatic rings. The highest BCUT2D eigenvalue weighted by Gasteiger charge is 2.35. The summed E-state index contributed by atoms with van der Waals surface area (Å²) < 4.78 is 33.4. The molecule has 3 aliphatic rings. The Morgan fingerprint density at radius 1 is 1.00 bits per heavy atom. The molecule has 2 aliphatic heterocycles. The monoisotopic (exact) mass is 396 g/mol. The van der Waals surface area contributed by atoms with E-state index in [4.69, 9.17) is 4.74 Å². The fraction of sp³-hybridized carbons (Fsp3) is 0.810. The molecule has 0 saturated carbocycles. The number of rotatable bonds is 4. The van der Waals surface area contributed by atoms with E-state index in [2.05, 4.69) is 11.8 Å². The average Bonchev–Trinajstić information content (AvgIpc) is 2.86. The third kappa shape index (κ3) is 5.36. The van der Waals surface area contributed by atoms with E-state index in [-0.39, 0.29) is 0 Å². The van der Waals surface area contributed by atoms with Crippen LogP contribution in [0.2, 0.25) is 0 Å². The smallest absolute Gasteiger partial charge is 0.220 e. The Morgan fingerprint density at radius 3 is 2.52 bits per heavy atom. The summed E-state index contributed by atoms with van der Waals surface area (Å²) >= 11 is 0. The highest BCUT2D eigenvalue weighted by atomic mass is 32.2. The Kier molecular flexibility index (Phi) is 7.40. The second kappa shape index (κ2) is 9.57. The summed E-state index contributed by atoms with van der Waals surface area (Å²) in [5, 5.41) is -0.424. The fourth-order valence-corrected chi connectivity index (χ4v) is 6.48. The summed E-state index contributed by atoms with van der Waals surface area (Å²) in [5.74, 6) is 1.59. The molecule has 2 unspecified atom stereocenters.